The van der Waals surface area contributed by atoms with Crippen LogP contribution in [0.25, 0.3) is 23.3 Å². The van der Waals surface area contributed by atoms with Gasteiger partial charge in [0, 0.05) is 0 Å². The van der Waals surface area contributed by atoms with Crippen LogP contribution in [0.1, 0.15) is 41.7 Å². The summed E-state index contributed by atoms with van der Waals surface area (Å²) in [5.74, 6) is 0.517. The van der Waals surface area contributed by atoms with E-state index in [1.54, 1.807) is 6.55 Å². The monoisotopic (exact) mass is 560 g/mol. The van der Waals surface area contributed by atoms with E-state index < -0.39 is 21.3 Å². The van der Waals surface area contributed by atoms with Crippen LogP contribution in [0.4, 0.5) is 0 Å². The molecule has 1 atom stereocenters. The molecule has 0 radical (unpaired) electrons. The number of halogens is 2. The van der Waals surface area contributed by atoms with Crippen LogP contribution in [-0.2, 0) is 27.7 Å². The molecule has 0 heterocycles. The molecule has 2 aliphatic rings. The molecule has 3 aromatic rings. The van der Waals surface area contributed by atoms with Crippen molar-refractivity contribution in [1.82, 2.24) is 0 Å². The average molecular weight is 563 g/mol. The third-order valence-corrected chi connectivity index (χ3v) is 13.7. The van der Waals surface area contributed by atoms with Gasteiger partial charge in [0.2, 0.25) is 0 Å². The minimum atomic E-state index is -2.34. The Kier molecular flexibility index (Phi) is 8.69. The van der Waals surface area contributed by atoms with E-state index in [1.165, 1.54) is 44.5 Å². The SMILES string of the molecule is C=Cc1ccc2c(c1)-c1cc(C=C)c[c]([Zr+2](=[CH]c3ccccc3)[C]3=CC(C)=CC3C)c1C2.[Cl-].[Cl-]. The van der Waals surface area contributed by atoms with E-state index in [1.807, 2.05) is 12.2 Å². The van der Waals surface area contributed by atoms with Crippen LogP contribution < -0.4 is 28.1 Å². The van der Waals surface area contributed by atoms with E-state index in [0.29, 0.717) is 5.92 Å². The number of hydrogen-bond donors (Lipinski definition) is 0. The van der Waals surface area contributed by atoms with Crippen LogP contribution >= 0.6 is 0 Å². The second-order valence-electron chi connectivity index (χ2n) is 8.86. The molecule has 0 fully saturated rings. The summed E-state index contributed by atoms with van der Waals surface area (Å²) in [4.78, 5) is 0. The van der Waals surface area contributed by atoms with Gasteiger partial charge in [0.25, 0.3) is 0 Å². The molecule has 1 unspecified atom stereocenters. The summed E-state index contributed by atoms with van der Waals surface area (Å²) < 4.78 is 5.90. The van der Waals surface area contributed by atoms with Gasteiger partial charge < -0.3 is 24.8 Å². The largest absolute Gasteiger partial charge is 1.00 e. The summed E-state index contributed by atoms with van der Waals surface area (Å²) in [7, 11) is 0. The molecular weight excluding hydrogens is 534 g/mol. The van der Waals surface area contributed by atoms with Gasteiger partial charge in [-0.25, -0.2) is 0 Å². The van der Waals surface area contributed by atoms with Crippen molar-refractivity contribution in [3.8, 4) is 11.1 Å². The predicted molar refractivity (Wildman–Crippen MR) is 137 cm³/mol. The molecule has 5 rings (SSSR count). The summed E-state index contributed by atoms with van der Waals surface area (Å²) in [6.07, 6.45) is 9.88. The zero-order chi connectivity index (χ0) is 22.2. The molecule has 0 saturated heterocycles. The average Bonchev–Trinajstić information content (AvgIpc) is 3.35. The maximum absolute atomic E-state index is 4.13. The van der Waals surface area contributed by atoms with E-state index in [-0.39, 0.29) is 24.8 Å². The molecular formula is C31H28Cl2Zr. The van der Waals surface area contributed by atoms with Gasteiger partial charge in [-0.05, 0) is 0 Å². The van der Waals surface area contributed by atoms with Crippen molar-refractivity contribution in [3.05, 3.63) is 123 Å². The first-order chi connectivity index (χ1) is 15.6. The predicted octanol–water partition coefficient (Wildman–Crippen LogP) is 1.13. The molecule has 0 spiro atoms. The maximum atomic E-state index is 4.13. The zero-order valence-corrected chi connectivity index (χ0v) is 23.6. The Bertz CT molecular complexity index is 1340. The van der Waals surface area contributed by atoms with Crippen molar-refractivity contribution in [3.63, 3.8) is 0 Å². The molecule has 3 heteroatoms. The van der Waals surface area contributed by atoms with Crippen LogP contribution in [0.2, 0.25) is 0 Å². The normalized spacial score (nSPS) is 15.3. The molecule has 0 bridgehead atoms. The number of rotatable bonds is 5. The first-order valence-corrected chi connectivity index (χ1v) is 15.2. The minimum absolute atomic E-state index is 0. The standard InChI is InChI=1S/C17H13.C7H9.C7H6.2ClH.Zr/c1-3-12-5-7-14-11-15-8-6-13(4-2)10-17(15)16(14)9-12;1-6-3-4-7(2)5-6;1-7-5-3-2-4-6-7;;;/h3-7,9-10H,1-2,11H2;3,5,7H,1-2H3;1-6H;2*1H;/q;;;;;+2/p-2. The number of fused-ring (bicyclic) bond motifs is 3. The number of allylic oxidation sites excluding steroid dienone is 4. The van der Waals surface area contributed by atoms with Crippen molar-refractivity contribution in [2.45, 2.75) is 20.3 Å². The quantitative estimate of drug-likeness (QED) is 0.342. The topological polar surface area (TPSA) is 0 Å². The minimum Gasteiger partial charge on any atom is -1.00 e. The van der Waals surface area contributed by atoms with E-state index in [0.717, 1.165) is 6.42 Å². The first-order valence-electron chi connectivity index (χ1n) is 11.3. The molecule has 34 heavy (non-hydrogen) atoms. The van der Waals surface area contributed by atoms with Crippen LogP contribution in [0.5, 0.6) is 0 Å². The van der Waals surface area contributed by atoms with Gasteiger partial charge in [-0.3, -0.25) is 0 Å². The summed E-state index contributed by atoms with van der Waals surface area (Å²) in [5, 5.41) is 0. The Morgan fingerprint density at radius 3 is 2.21 bits per heavy atom. The van der Waals surface area contributed by atoms with Gasteiger partial charge in [0.05, 0.1) is 0 Å². The molecule has 170 valence electrons. The Morgan fingerprint density at radius 2 is 1.56 bits per heavy atom. The number of benzene rings is 3. The summed E-state index contributed by atoms with van der Waals surface area (Å²) >= 11 is -2.34. The van der Waals surface area contributed by atoms with Gasteiger partial charge in [-0.2, -0.15) is 0 Å². The fourth-order valence-electron chi connectivity index (χ4n) is 5.06. The molecule has 0 nitrogen and oxygen atoms in total. The molecule has 0 N–H and O–H groups in total. The van der Waals surface area contributed by atoms with Gasteiger partial charge in [0.15, 0.2) is 0 Å². The van der Waals surface area contributed by atoms with Crippen molar-refractivity contribution in [1.29, 1.82) is 0 Å². The van der Waals surface area contributed by atoms with Crippen LogP contribution in [0.3, 0.4) is 0 Å². The van der Waals surface area contributed by atoms with E-state index >= 15 is 0 Å². The second-order valence-corrected chi connectivity index (χ2v) is 14.4. The first kappa shape index (κ1) is 26.6. The Labute approximate surface area is 223 Å². The molecule has 0 saturated carbocycles. The molecule has 0 aromatic heterocycles. The van der Waals surface area contributed by atoms with E-state index in [2.05, 4.69) is 104 Å². The van der Waals surface area contributed by atoms with Crippen molar-refractivity contribution >= 4 is 19.1 Å². The van der Waals surface area contributed by atoms with E-state index in [4.69, 9.17) is 0 Å². The molecule has 2 aliphatic carbocycles. The fraction of sp³-hybridized carbons (Fsp3) is 0.129. The summed E-state index contributed by atoms with van der Waals surface area (Å²) in [6.45, 7) is 12.7. The second kappa shape index (κ2) is 11.1. The van der Waals surface area contributed by atoms with Crippen molar-refractivity contribution < 1.29 is 46.1 Å². The van der Waals surface area contributed by atoms with Gasteiger partial charge in [-0.15, -0.1) is 0 Å². The Hall–Kier alpha value is -2.05. The van der Waals surface area contributed by atoms with Crippen LogP contribution in [0, 0.1) is 5.92 Å². The van der Waals surface area contributed by atoms with Gasteiger partial charge in [-0.1, -0.05) is 0 Å². The zero-order valence-electron chi connectivity index (χ0n) is 19.6. The Morgan fingerprint density at radius 1 is 0.853 bits per heavy atom. The van der Waals surface area contributed by atoms with Gasteiger partial charge in [0.1, 0.15) is 0 Å². The third kappa shape index (κ3) is 4.99. The van der Waals surface area contributed by atoms with Crippen LogP contribution in [-0.4, -0.2) is 3.71 Å². The molecule has 0 aliphatic heterocycles. The van der Waals surface area contributed by atoms with E-state index in [9.17, 15) is 0 Å². The summed E-state index contributed by atoms with van der Waals surface area (Å²) in [6, 6.07) is 22.5. The van der Waals surface area contributed by atoms with Crippen LogP contribution in [0.15, 0.2) is 94.8 Å². The maximum Gasteiger partial charge on any atom is -1.00 e. The summed E-state index contributed by atoms with van der Waals surface area (Å²) in [5.41, 5.74) is 10.9. The molecule has 0 amide bonds. The smallest absolute Gasteiger partial charge is 1.00 e. The van der Waals surface area contributed by atoms with Crippen molar-refractivity contribution in [2.75, 3.05) is 0 Å². The third-order valence-electron chi connectivity index (χ3n) is 6.63. The number of hydrogen-bond acceptors (Lipinski definition) is 0. The Balaban J connectivity index is 0.00000162. The fourth-order valence-corrected chi connectivity index (χ4v) is 12.4. The van der Waals surface area contributed by atoms with Gasteiger partial charge >= 0.3 is 200 Å². The molecule has 3 aromatic carbocycles. The van der Waals surface area contributed by atoms with Crippen molar-refractivity contribution in [2.24, 2.45) is 5.92 Å².